The van der Waals surface area contributed by atoms with Gasteiger partial charge in [0.15, 0.2) is 0 Å². The van der Waals surface area contributed by atoms with Crippen LogP contribution >= 0.6 is 11.3 Å². The summed E-state index contributed by atoms with van der Waals surface area (Å²) in [7, 11) is 0. The van der Waals surface area contributed by atoms with Gasteiger partial charge in [0.05, 0.1) is 24.2 Å². The lowest BCUT2D eigenvalue weighted by Crippen LogP contribution is -2.43. The number of hydrogen-bond donors (Lipinski definition) is 0. The van der Waals surface area contributed by atoms with E-state index in [0.29, 0.717) is 0 Å². The molecule has 24 heavy (non-hydrogen) atoms. The predicted molar refractivity (Wildman–Crippen MR) is 94.5 cm³/mol. The van der Waals surface area contributed by atoms with Crippen molar-refractivity contribution in [2.24, 2.45) is 11.3 Å². The van der Waals surface area contributed by atoms with Gasteiger partial charge in [-0.2, -0.15) is 0 Å². The maximum absolute atomic E-state index is 12.6. The van der Waals surface area contributed by atoms with Crippen LogP contribution in [-0.2, 0) is 9.47 Å². The predicted octanol–water partition coefficient (Wildman–Crippen LogP) is 3.49. The lowest BCUT2D eigenvalue weighted by atomic mass is 9.76. The highest BCUT2D eigenvalue weighted by Crippen LogP contribution is 2.42. The van der Waals surface area contributed by atoms with E-state index in [4.69, 9.17) is 9.47 Å². The van der Waals surface area contributed by atoms with Crippen molar-refractivity contribution in [3.63, 3.8) is 0 Å². The summed E-state index contributed by atoms with van der Waals surface area (Å²) >= 11 is 1.56. The summed E-state index contributed by atoms with van der Waals surface area (Å²) in [6.07, 6.45) is 6.14. The molecule has 2 aliphatic heterocycles. The molecule has 0 unspecified atom stereocenters. The summed E-state index contributed by atoms with van der Waals surface area (Å²) in [5.74, 6) is 1.02. The Kier molecular flexibility index (Phi) is 4.67. The first kappa shape index (κ1) is 16.6. The molecule has 0 aromatic carbocycles. The van der Waals surface area contributed by atoms with Crippen LogP contribution in [0.15, 0.2) is 11.4 Å². The van der Waals surface area contributed by atoms with Crippen LogP contribution in [0.1, 0.15) is 47.3 Å². The molecule has 1 aromatic rings. The van der Waals surface area contributed by atoms with Crippen molar-refractivity contribution < 1.29 is 14.3 Å². The lowest BCUT2D eigenvalue weighted by molar-refractivity contribution is 0.00939. The normalized spacial score (nSPS) is 26.2. The molecule has 4 nitrogen and oxygen atoms in total. The van der Waals surface area contributed by atoms with Crippen molar-refractivity contribution >= 4 is 17.2 Å². The number of carbonyl (C=O) groups is 1. The van der Waals surface area contributed by atoms with Gasteiger partial charge in [0.25, 0.3) is 5.91 Å². The van der Waals surface area contributed by atoms with E-state index in [9.17, 15) is 4.79 Å². The molecule has 1 spiro atoms. The van der Waals surface area contributed by atoms with Crippen LogP contribution in [0, 0.1) is 18.3 Å². The van der Waals surface area contributed by atoms with Gasteiger partial charge >= 0.3 is 0 Å². The first-order valence-electron chi connectivity index (χ1n) is 9.18. The van der Waals surface area contributed by atoms with E-state index < -0.39 is 0 Å². The zero-order valence-electron chi connectivity index (χ0n) is 14.5. The molecule has 2 saturated heterocycles. The number of nitrogens with zero attached hydrogens (tertiary/aromatic N) is 1. The van der Waals surface area contributed by atoms with Crippen LogP contribution in [0.4, 0.5) is 0 Å². The van der Waals surface area contributed by atoms with E-state index in [1.165, 1.54) is 12.8 Å². The molecular weight excluding hydrogens is 322 g/mol. The maximum Gasteiger partial charge on any atom is 0.264 e. The Morgan fingerprint density at radius 1 is 1.38 bits per heavy atom. The monoisotopic (exact) mass is 349 g/mol. The quantitative estimate of drug-likeness (QED) is 0.817. The van der Waals surface area contributed by atoms with Crippen LogP contribution in [-0.4, -0.2) is 49.8 Å². The lowest BCUT2D eigenvalue weighted by Gasteiger charge is -2.38. The molecule has 3 heterocycles. The van der Waals surface area contributed by atoms with Crippen LogP contribution in [0.5, 0.6) is 0 Å². The Morgan fingerprint density at radius 3 is 2.83 bits per heavy atom. The number of hydrogen-bond acceptors (Lipinski definition) is 4. The summed E-state index contributed by atoms with van der Waals surface area (Å²) in [5, 5.41) is 2.01. The second-order valence-electron chi connectivity index (χ2n) is 7.84. The molecule has 0 N–H and O–H groups in total. The molecular formula is C19H27NO3S. The summed E-state index contributed by atoms with van der Waals surface area (Å²) in [6, 6.07) is 2.03. The molecule has 3 fully saturated rings. The van der Waals surface area contributed by atoms with E-state index in [1.807, 2.05) is 23.3 Å². The minimum atomic E-state index is 0.209. The Balaban J connectivity index is 1.26. The van der Waals surface area contributed by atoms with Crippen molar-refractivity contribution in [3.8, 4) is 0 Å². The molecule has 1 atom stereocenters. The number of rotatable bonds is 5. The standard InChI is InChI=1S/C19H27NO3S/c1-14-4-9-24-17(14)18(21)20-7-5-19(6-8-20)10-16(23-13-19)12-22-11-15-2-3-15/h4,9,15-16H,2-3,5-8,10-13H2,1H3/t16-/m1/s1. The molecule has 1 saturated carbocycles. The van der Waals surface area contributed by atoms with Gasteiger partial charge in [-0.1, -0.05) is 0 Å². The van der Waals surface area contributed by atoms with Crippen molar-refractivity contribution in [2.45, 2.75) is 45.1 Å². The largest absolute Gasteiger partial charge is 0.378 e. The SMILES string of the molecule is Cc1ccsc1C(=O)N1CCC2(CC1)CO[C@@H](COCC1CC1)C2. The number of aryl methyl sites for hydroxylation is 1. The highest BCUT2D eigenvalue weighted by molar-refractivity contribution is 7.12. The number of amides is 1. The molecule has 4 rings (SSSR count). The number of likely N-dealkylation sites (tertiary alicyclic amines) is 1. The highest BCUT2D eigenvalue weighted by Gasteiger charge is 2.43. The third-order valence-corrected chi connectivity index (χ3v) is 6.81. The smallest absolute Gasteiger partial charge is 0.264 e. The number of thiophene rings is 1. The van der Waals surface area contributed by atoms with Crippen LogP contribution in [0.3, 0.4) is 0 Å². The third-order valence-electron chi connectivity index (χ3n) is 5.81. The first-order valence-corrected chi connectivity index (χ1v) is 10.1. The van der Waals surface area contributed by atoms with Crippen LogP contribution in [0.25, 0.3) is 0 Å². The zero-order valence-corrected chi connectivity index (χ0v) is 15.3. The Morgan fingerprint density at radius 2 is 2.17 bits per heavy atom. The van der Waals surface area contributed by atoms with Crippen molar-refractivity contribution in [2.75, 3.05) is 32.9 Å². The van der Waals surface area contributed by atoms with E-state index >= 15 is 0 Å². The first-order chi connectivity index (χ1) is 11.7. The van der Waals surface area contributed by atoms with Gasteiger partial charge in [0, 0.05) is 19.7 Å². The van der Waals surface area contributed by atoms with Gasteiger partial charge in [0.1, 0.15) is 0 Å². The van der Waals surface area contributed by atoms with Crippen molar-refractivity contribution in [1.82, 2.24) is 4.90 Å². The summed E-state index contributed by atoms with van der Waals surface area (Å²) in [4.78, 5) is 15.6. The number of ether oxygens (including phenoxy) is 2. The molecule has 3 aliphatic rings. The van der Waals surface area contributed by atoms with Gasteiger partial charge in [-0.3, -0.25) is 4.79 Å². The van der Waals surface area contributed by atoms with Crippen LogP contribution < -0.4 is 0 Å². The van der Waals surface area contributed by atoms with Gasteiger partial charge in [-0.05, 0) is 67.4 Å². The van der Waals surface area contributed by atoms with E-state index in [2.05, 4.69) is 0 Å². The van der Waals surface area contributed by atoms with Gasteiger partial charge in [-0.15, -0.1) is 11.3 Å². The molecule has 1 amide bonds. The summed E-state index contributed by atoms with van der Waals surface area (Å²) in [6.45, 7) is 6.23. The van der Waals surface area contributed by atoms with Gasteiger partial charge < -0.3 is 14.4 Å². The minimum absolute atomic E-state index is 0.209. The molecule has 0 radical (unpaired) electrons. The molecule has 0 bridgehead atoms. The topological polar surface area (TPSA) is 38.8 Å². The Hall–Kier alpha value is -0.910. The summed E-state index contributed by atoms with van der Waals surface area (Å²) < 4.78 is 11.8. The molecule has 132 valence electrons. The molecule has 1 aromatic heterocycles. The minimum Gasteiger partial charge on any atom is -0.378 e. The van der Waals surface area contributed by atoms with E-state index in [1.54, 1.807) is 11.3 Å². The second-order valence-corrected chi connectivity index (χ2v) is 8.76. The Labute approximate surface area is 148 Å². The fourth-order valence-electron chi connectivity index (χ4n) is 3.92. The fourth-order valence-corrected chi connectivity index (χ4v) is 4.81. The average molecular weight is 349 g/mol. The third kappa shape index (κ3) is 3.53. The Bertz CT molecular complexity index is 587. The van der Waals surface area contributed by atoms with Crippen molar-refractivity contribution in [3.05, 3.63) is 21.9 Å². The molecule has 5 heteroatoms. The summed E-state index contributed by atoms with van der Waals surface area (Å²) in [5.41, 5.74) is 1.37. The molecule has 1 aliphatic carbocycles. The van der Waals surface area contributed by atoms with Crippen LogP contribution in [0.2, 0.25) is 0 Å². The fraction of sp³-hybridized carbons (Fsp3) is 0.737. The highest BCUT2D eigenvalue weighted by atomic mass is 32.1. The number of carbonyl (C=O) groups excluding carboxylic acids is 1. The van der Waals surface area contributed by atoms with Gasteiger partial charge in [-0.25, -0.2) is 0 Å². The van der Waals surface area contributed by atoms with E-state index in [0.717, 1.165) is 68.5 Å². The average Bonchev–Trinajstić information content (AvgIpc) is 3.18. The second kappa shape index (κ2) is 6.77. The van der Waals surface area contributed by atoms with Crippen molar-refractivity contribution in [1.29, 1.82) is 0 Å². The zero-order chi connectivity index (χ0) is 16.6. The maximum atomic E-state index is 12.6. The van der Waals surface area contributed by atoms with Gasteiger partial charge in [0.2, 0.25) is 0 Å². The van der Waals surface area contributed by atoms with E-state index in [-0.39, 0.29) is 17.4 Å². The number of piperidine rings is 1.